The van der Waals surface area contributed by atoms with Crippen LogP contribution in [0.1, 0.15) is 31.3 Å². The third-order valence-corrected chi connectivity index (χ3v) is 1.67. The lowest BCUT2D eigenvalue weighted by atomic mass is 10.3. The van der Waals surface area contributed by atoms with Gasteiger partial charge in [-0.15, -0.1) is 10.2 Å². The predicted molar refractivity (Wildman–Crippen MR) is 58.8 cm³/mol. The first-order valence-corrected chi connectivity index (χ1v) is 5.02. The van der Waals surface area contributed by atoms with Crippen LogP contribution in [0.3, 0.4) is 0 Å². The van der Waals surface area contributed by atoms with Crippen molar-refractivity contribution in [1.82, 2.24) is 15.5 Å². The molecule has 1 amide bonds. The van der Waals surface area contributed by atoms with E-state index in [0.717, 1.165) is 6.54 Å². The Kier molecular flexibility index (Phi) is 4.03. The van der Waals surface area contributed by atoms with Crippen LogP contribution >= 0.6 is 0 Å². The van der Waals surface area contributed by atoms with Gasteiger partial charge in [0, 0.05) is 12.6 Å². The minimum atomic E-state index is -0.194. The molecule has 0 aliphatic heterocycles. The van der Waals surface area contributed by atoms with E-state index in [2.05, 4.69) is 20.8 Å². The fourth-order valence-electron chi connectivity index (χ4n) is 1.06. The summed E-state index contributed by atoms with van der Waals surface area (Å²) >= 11 is 0. The van der Waals surface area contributed by atoms with Crippen molar-refractivity contribution in [3.63, 3.8) is 0 Å². The summed E-state index contributed by atoms with van der Waals surface area (Å²) in [6.07, 6.45) is 0. The van der Waals surface area contributed by atoms with Crippen molar-refractivity contribution in [2.45, 2.75) is 26.8 Å². The zero-order chi connectivity index (χ0) is 11.3. The summed E-state index contributed by atoms with van der Waals surface area (Å²) in [6, 6.07) is 3.50. The van der Waals surface area contributed by atoms with Crippen LogP contribution in [0.15, 0.2) is 12.1 Å². The van der Waals surface area contributed by atoms with Gasteiger partial charge in [-0.25, -0.2) is 0 Å². The van der Waals surface area contributed by atoms with Crippen LogP contribution in [0.4, 0.5) is 5.82 Å². The molecule has 5 nitrogen and oxygen atoms in total. The van der Waals surface area contributed by atoms with E-state index in [1.54, 1.807) is 12.1 Å². The molecule has 0 radical (unpaired) electrons. The number of anilines is 1. The maximum atomic E-state index is 11.5. The third-order valence-electron chi connectivity index (χ3n) is 1.67. The molecular weight excluding hydrogens is 192 g/mol. The monoisotopic (exact) mass is 208 g/mol. The standard InChI is InChI=1S/C10H16N4O/c1-4-11-9-6-5-8(13-14-9)10(15)12-7(2)3/h5-7H,4H2,1-3H3,(H,11,14)(H,12,15). The maximum absolute atomic E-state index is 11.5. The predicted octanol–water partition coefficient (Wildman–Crippen LogP) is 1.05. The molecule has 0 unspecified atom stereocenters. The summed E-state index contributed by atoms with van der Waals surface area (Å²) in [6.45, 7) is 6.56. The number of aromatic nitrogens is 2. The molecule has 1 aromatic heterocycles. The van der Waals surface area contributed by atoms with Gasteiger partial charge in [0.15, 0.2) is 5.69 Å². The Bertz CT molecular complexity index is 321. The molecule has 1 rings (SSSR count). The van der Waals surface area contributed by atoms with E-state index >= 15 is 0 Å². The van der Waals surface area contributed by atoms with Gasteiger partial charge in [0.25, 0.3) is 5.91 Å². The zero-order valence-electron chi connectivity index (χ0n) is 9.24. The Morgan fingerprint density at radius 3 is 2.60 bits per heavy atom. The van der Waals surface area contributed by atoms with Crippen molar-refractivity contribution >= 4 is 11.7 Å². The fraction of sp³-hybridized carbons (Fsp3) is 0.500. The fourth-order valence-corrected chi connectivity index (χ4v) is 1.06. The number of hydrogen-bond acceptors (Lipinski definition) is 4. The van der Waals surface area contributed by atoms with Crippen molar-refractivity contribution in [2.75, 3.05) is 11.9 Å². The molecule has 1 aromatic rings. The highest BCUT2D eigenvalue weighted by Crippen LogP contribution is 2.01. The van der Waals surface area contributed by atoms with E-state index in [9.17, 15) is 4.79 Å². The lowest BCUT2D eigenvalue weighted by Gasteiger charge is -2.07. The third kappa shape index (κ3) is 3.53. The average molecular weight is 208 g/mol. The maximum Gasteiger partial charge on any atom is 0.271 e. The Morgan fingerprint density at radius 2 is 2.13 bits per heavy atom. The molecule has 15 heavy (non-hydrogen) atoms. The largest absolute Gasteiger partial charge is 0.369 e. The number of carbonyl (C=O) groups is 1. The van der Waals surface area contributed by atoms with Gasteiger partial charge in [-0.1, -0.05) is 0 Å². The number of nitrogens with zero attached hydrogens (tertiary/aromatic N) is 2. The van der Waals surface area contributed by atoms with Crippen LogP contribution in [0.2, 0.25) is 0 Å². The highest BCUT2D eigenvalue weighted by Gasteiger charge is 2.08. The van der Waals surface area contributed by atoms with Crippen LogP contribution < -0.4 is 10.6 Å². The van der Waals surface area contributed by atoms with Crippen molar-refractivity contribution in [2.24, 2.45) is 0 Å². The quantitative estimate of drug-likeness (QED) is 0.776. The van der Waals surface area contributed by atoms with Gasteiger partial charge in [-0.05, 0) is 32.9 Å². The molecule has 0 aromatic carbocycles. The van der Waals surface area contributed by atoms with Gasteiger partial charge in [0.05, 0.1) is 0 Å². The van der Waals surface area contributed by atoms with Gasteiger partial charge >= 0.3 is 0 Å². The summed E-state index contributed by atoms with van der Waals surface area (Å²) in [4.78, 5) is 11.5. The molecular formula is C10H16N4O. The first-order valence-electron chi connectivity index (χ1n) is 5.02. The molecule has 1 heterocycles. The first-order chi connectivity index (χ1) is 7.13. The minimum absolute atomic E-state index is 0.104. The normalized spacial score (nSPS) is 10.1. The van der Waals surface area contributed by atoms with E-state index in [1.807, 2.05) is 20.8 Å². The average Bonchev–Trinajstić information content (AvgIpc) is 2.18. The molecule has 0 saturated heterocycles. The van der Waals surface area contributed by atoms with Crippen LogP contribution in [0, 0.1) is 0 Å². The SMILES string of the molecule is CCNc1ccc(C(=O)NC(C)C)nn1. The van der Waals surface area contributed by atoms with E-state index in [4.69, 9.17) is 0 Å². The van der Waals surface area contributed by atoms with Crippen molar-refractivity contribution in [1.29, 1.82) is 0 Å². The number of rotatable bonds is 4. The van der Waals surface area contributed by atoms with E-state index < -0.39 is 0 Å². The molecule has 0 aliphatic rings. The van der Waals surface area contributed by atoms with Crippen molar-refractivity contribution in [3.8, 4) is 0 Å². The summed E-state index contributed by atoms with van der Waals surface area (Å²) < 4.78 is 0. The molecule has 0 bridgehead atoms. The van der Waals surface area contributed by atoms with Crippen LogP contribution in [-0.2, 0) is 0 Å². The van der Waals surface area contributed by atoms with Crippen LogP contribution in [0.5, 0.6) is 0 Å². The number of hydrogen-bond donors (Lipinski definition) is 2. The topological polar surface area (TPSA) is 66.9 Å². The zero-order valence-corrected chi connectivity index (χ0v) is 9.24. The highest BCUT2D eigenvalue weighted by atomic mass is 16.1. The van der Waals surface area contributed by atoms with Gasteiger partial charge in [-0.3, -0.25) is 4.79 Å². The molecule has 2 N–H and O–H groups in total. The first kappa shape index (κ1) is 11.4. The van der Waals surface area contributed by atoms with Crippen molar-refractivity contribution < 1.29 is 4.79 Å². The summed E-state index contributed by atoms with van der Waals surface area (Å²) in [5.74, 6) is 0.485. The Morgan fingerprint density at radius 1 is 1.40 bits per heavy atom. The summed E-state index contributed by atoms with van der Waals surface area (Å²) in [5, 5.41) is 13.5. The number of carbonyl (C=O) groups excluding carboxylic acids is 1. The Balaban J connectivity index is 2.67. The van der Waals surface area contributed by atoms with E-state index in [0.29, 0.717) is 11.5 Å². The van der Waals surface area contributed by atoms with Crippen LogP contribution in [-0.4, -0.2) is 28.7 Å². The second kappa shape index (κ2) is 5.29. The smallest absolute Gasteiger partial charge is 0.271 e. The lowest BCUT2D eigenvalue weighted by molar-refractivity contribution is 0.0937. The van der Waals surface area contributed by atoms with E-state index in [-0.39, 0.29) is 11.9 Å². The second-order valence-corrected chi connectivity index (χ2v) is 3.46. The molecule has 0 fully saturated rings. The number of nitrogens with one attached hydrogen (secondary N) is 2. The molecule has 82 valence electrons. The highest BCUT2D eigenvalue weighted by molar-refractivity contribution is 5.92. The molecule has 0 spiro atoms. The minimum Gasteiger partial charge on any atom is -0.369 e. The van der Waals surface area contributed by atoms with Gasteiger partial charge in [0.2, 0.25) is 0 Å². The lowest BCUT2D eigenvalue weighted by Crippen LogP contribution is -2.30. The molecule has 0 saturated carbocycles. The van der Waals surface area contributed by atoms with Crippen LogP contribution in [0.25, 0.3) is 0 Å². The second-order valence-electron chi connectivity index (χ2n) is 3.46. The molecule has 0 atom stereocenters. The number of amides is 1. The summed E-state index contributed by atoms with van der Waals surface area (Å²) in [5.41, 5.74) is 0.338. The summed E-state index contributed by atoms with van der Waals surface area (Å²) in [7, 11) is 0. The van der Waals surface area contributed by atoms with Gasteiger partial charge in [-0.2, -0.15) is 0 Å². The Hall–Kier alpha value is -1.65. The van der Waals surface area contributed by atoms with Crippen molar-refractivity contribution in [3.05, 3.63) is 17.8 Å². The Labute approximate surface area is 89.3 Å². The van der Waals surface area contributed by atoms with E-state index in [1.165, 1.54) is 0 Å². The van der Waals surface area contributed by atoms with Gasteiger partial charge in [0.1, 0.15) is 5.82 Å². The molecule has 5 heteroatoms. The molecule has 0 aliphatic carbocycles. The van der Waals surface area contributed by atoms with Gasteiger partial charge < -0.3 is 10.6 Å².